The third kappa shape index (κ3) is 2.59. The van der Waals surface area contributed by atoms with Crippen LogP contribution >= 0.6 is 11.8 Å². The molecule has 96 valence electrons. The predicted octanol–water partition coefficient (Wildman–Crippen LogP) is 1.23. The van der Waals surface area contributed by atoms with Gasteiger partial charge in [0.2, 0.25) is 5.91 Å². The van der Waals surface area contributed by atoms with E-state index in [1.807, 2.05) is 0 Å². The fraction of sp³-hybridized carbons (Fsp3) is 0.333. The Hall–Kier alpha value is -1.69. The maximum Gasteiger partial charge on any atom is 0.318 e. The lowest BCUT2D eigenvalue weighted by molar-refractivity contribution is -0.136. The zero-order chi connectivity index (χ0) is 13.1. The van der Waals surface area contributed by atoms with Crippen LogP contribution in [0.25, 0.3) is 0 Å². The number of aliphatic carboxylic acids is 1. The number of carbonyl (C=O) groups is 2. The molecule has 1 atom stereocenters. The Balaban J connectivity index is 2.18. The average Bonchev–Trinajstić information content (AvgIpc) is 2.39. The fourth-order valence-corrected chi connectivity index (χ4v) is 2.63. The molecule has 0 aliphatic carbocycles. The van der Waals surface area contributed by atoms with Crippen LogP contribution in [-0.4, -0.2) is 41.6 Å². The molecule has 1 amide bonds. The molecule has 18 heavy (non-hydrogen) atoms. The van der Waals surface area contributed by atoms with E-state index in [1.54, 1.807) is 31.4 Å². The number of carbonyl (C=O) groups excluding carboxylic acids is 1. The summed E-state index contributed by atoms with van der Waals surface area (Å²) in [5, 5.41) is 8.43. The number of ether oxygens (including phenoxy) is 1. The third-order valence-corrected chi connectivity index (χ3v) is 3.88. The fourth-order valence-electron chi connectivity index (χ4n) is 1.73. The van der Waals surface area contributed by atoms with Crippen molar-refractivity contribution in [2.45, 2.75) is 5.25 Å². The van der Waals surface area contributed by atoms with Gasteiger partial charge in [-0.15, -0.1) is 11.8 Å². The average molecular weight is 267 g/mol. The topological polar surface area (TPSA) is 66.8 Å². The number of hydrogen-bond acceptors (Lipinski definition) is 4. The minimum Gasteiger partial charge on any atom is -0.497 e. The standard InChI is InChI=1S/C12H13NO4S/c1-17-9-4-2-8(3-5-9)13-6-10(12(15)16)18-7-11(13)14/h2-5,10H,6-7H2,1H3,(H,15,16). The van der Waals surface area contributed by atoms with Crippen LogP contribution in [0.1, 0.15) is 0 Å². The lowest BCUT2D eigenvalue weighted by Gasteiger charge is -2.30. The first-order valence-electron chi connectivity index (χ1n) is 5.40. The van der Waals surface area contributed by atoms with E-state index in [1.165, 1.54) is 16.7 Å². The number of hydrogen-bond donors (Lipinski definition) is 1. The van der Waals surface area contributed by atoms with Crippen LogP contribution in [0.15, 0.2) is 24.3 Å². The van der Waals surface area contributed by atoms with Crippen LogP contribution < -0.4 is 9.64 Å². The molecule has 1 heterocycles. The predicted molar refractivity (Wildman–Crippen MR) is 69.2 cm³/mol. The molecule has 1 fully saturated rings. The number of carboxylic acids is 1. The summed E-state index contributed by atoms with van der Waals surface area (Å²) >= 11 is 1.17. The minimum absolute atomic E-state index is 0.0670. The number of nitrogens with zero attached hydrogens (tertiary/aromatic N) is 1. The van der Waals surface area contributed by atoms with Gasteiger partial charge in [0.05, 0.1) is 12.9 Å². The highest BCUT2D eigenvalue weighted by Crippen LogP contribution is 2.26. The van der Waals surface area contributed by atoms with Gasteiger partial charge in [-0.25, -0.2) is 0 Å². The highest BCUT2D eigenvalue weighted by Gasteiger charge is 2.31. The van der Waals surface area contributed by atoms with E-state index in [-0.39, 0.29) is 18.2 Å². The van der Waals surface area contributed by atoms with E-state index in [4.69, 9.17) is 9.84 Å². The molecule has 0 spiro atoms. The number of methoxy groups -OCH3 is 1. The Bertz CT molecular complexity index is 460. The summed E-state index contributed by atoms with van der Waals surface area (Å²) in [6, 6.07) is 7.01. The Morgan fingerprint density at radius 3 is 2.67 bits per heavy atom. The molecular weight excluding hydrogens is 254 g/mol. The van der Waals surface area contributed by atoms with Gasteiger partial charge >= 0.3 is 5.97 Å². The maximum absolute atomic E-state index is 11.8. The number of benzene rings is 1. The van der Waals surface area contributed by atoms with Crippen LogP contribution in [0, 0.1) is 0 Å². The lowest BCUT2D eigenvalue weighted by Crippen LogP contribution is -2.45. The molecule has 1 N–H and O–H groups in total. The van der Waals surface area contributed by atoms with Crippen molar-refractivity contribution < 1.29 is 19.4 Å². The molecule has 0 saturated carbocycles. The minimum atomic E-state index is -0.883. The molecule has 2 rings (SSSR count). The summed E-state index contributed by atoms with van der Waals surface area (Å²) < 4.78 is 5.04. The van der Waals surface area contributed by atoms with Crippen LogP contribution in [0.5, 0.6) is 5.75 Å². The molecule has 0 radical (unpaired) electrons. The van der Waals surface area contributed by atoms with E-state index in [9.17, 15) is 9.59 Å². The van der Waals surface area contributed by atoms with Crippen molar-refractivity contribution in [3.05, 3.63) is 24.3 Å². The molecule has 1 aromatic rings. The Morgan fingerprint density at radius 1 is 1.44 bits per heavy atom. The van der Waals surface area contributed by atoms with Crippen LogP contribution in [-0.2, 0) is 9.59 Å². The zero-order valence-electron chi connectivity index (χ0n) is 9.83. The number of thioether (sulfide) groups is 1. The van der Waals surface area contributed by atoms with E-state index >= 15 is 0 Å². The summed E-state index contributed by atoms with van der Waals surface area (Å²) in [5.41, 5.74) is 0.701. The van der Waals surface area contributed by atoms with E-state index < -0.39 is 11.2 Å². The van der Waals surface area contributed by atoms with Gasteiger partial charge in [-0.1, -0.05) is 0 Å². The highest BCUT2D eigenvalue weighted by atomic mass is 32.2. The van der Waals surface area contributed by atoms with Gasteiger partial charge < -0.3 is 14.7 Å². The van der Waals surface area contributed by atoms with Gasteiger partial charge in [0.25, 0.3) is 0 Å². The molecule has 1 aromatic carbocycles. The lowest BCUT2D eigenvalue weighted by atomic mass is 10.2. The van der Waals surface area contributed by atoms with Gasteiger partial charge in [0, 0.05) is 12.2 Å². The van der Waals surface area contributed by atoms with Crippen molar-refractivity contribution in [1.82, 2.24) is 0 Å². The summed E-state index contributed by atoms with van der Waals surface area (Å²) in [7, 11) is 1.57. The molecule has 1 aliphatic heterocycles. The largest absolute Gasteiger partial charge is 0.497 e. The second-order valence-electron chi connectivity index (χ2n) is 3.84. The molecule has 0 aromatic heterocycles. The first-order valence-corrected chi connectivity index (χ1v) is 6.45. The highest BCUT2D eigenvalue weighted by molar-refractivity contribution is 8.01. The van der Waals surface area contributed by atoms with Gasteiger partial charge in [-0.3, -0.25) is 9.59 Å². The smallest absolute Gasteiger partial charge is 0.318 e. The molecule has 1 aliphatic rings. The summed E-state index contributed by atoms with van der Waals surface area (Å²) in [6.45, 7) is 0.200. The quantitative estimate of drug-likeness (QED) is 0.892. The molecule has 1 saturated heterocycles. The van der Waals surface area contributed by atoms with Crippen molar-refractivity contribution in [2.24, 2.45) is 0 Å². The van der Waals surface area contributed by atoms with E-state index in [2.05, 4.69) is 0 Å². The van der Waals surface area contributed by atoms with E-state index in [0.29, 0.717) is 11.4 Å². The van der Waals surface area contributed by atoms with Crippen molar-refractivity contribution in [3.63, 3.8) is 0 Å². The second-order valence-corrected chi connectivity index (χ2v) is 5.03. The molecular formula is C12H13NO4S. The Labute approximate surface area is 109 Å². The van der Waals surface area contributed by atoms with Crippen LogP contribution in [0.3, 0.4) is 0 Å². The van der Waals surface area contributed by atoms with Gasteiger partial charge in [-0.2, -0.15) is 0 Å². The van der Waals surface area contributed by atoms with E-state index in [0.717, 1.165) is 0 Å². The van der Waals surface area contributed by atoms with Crippen molar-refractivity contribution in [3.8, 4) is 5.75 Å². The molecule has 1 unspecified atom stereocenters. The summed E-state index contributed by atoms with van der Waals surface area (Å²) in [4.78, 5) is 24.3. The summed E-state index contributed by atoms with van der Waals surface area (Å²) in [6.07, 6.45) is 0. The van der Waals surface area contributed by atoms with Crippen molar-refractivity contribution >= 4 is 29.3 Å². The first-order chi connectivity index (χ1) is 8.61. The molecule has 6 heteroatoms. The number of amides is 1. The van der Waals surface area contributed by atoms with Crippen molar-refractivity contribution in [2.75, 3.05) is 24.3 Å². The SMILES string of the molecule is COc1ccc(N2CC(C(=O)O)SCC2=O)cc1. The zero-order valence-corrected chi connectivity index (χ0v) is 10.6. The first kappa shape index (κ1) is 12.8. The third-order valence-electron chi connectivity index (χ3n) is 2.72. The van der Waals surface area contributed by atoms with Crippen LogP contribution in [0.4, 0.5) is 5.69 Å². The molecule has 0 bridgehead atoms. The van der Waals surface area contributed by atoms with Gasteiger partial charge in [0.1, 0.15) is 11.0 Å². The number of rotatable bonds is 3. The number of anilines is 1. The molecule has 5 nitrogen and oxygen atoms in total. The van der Waals surface area contributed by atoms with Crippen LogP contribution in [0.2, 0.25) is 0 Å². The Morgan fingerprint density at radius 2 is 2.11 bits per heavy atom. The summed E-state index contributed by atoms with van der Waals surface area (Å²) in [5.74, 6) is -0.0516. The Kier molecular flexibility index (Phi) is 3.76. The normalized spacial score (nSPS) is 19.7. The maximum atomic E-state index is 11.8. The number of carboxylic acid groups (broad SMARTS) is 1. The van der Waals surface area contributed by atoms with Gasteiger partial charge in [-0.05, 0) is 24.3 Å². The monoisotopic (exact) mass is 267 g/mol. The van der Waals surface area contributed by atoms with Gasteiger partial charge in [0.15, 0.2) is 0 Å². The van der Waals surface area contributed by atoms with Crippen molar-refractivity contribution in [1.29, 1.82) is 0 Å². The second kappa shape index (κ2) is 5.30.